The fraction of sp³-hybridized carbons (Fsp3) is 0.0588. The highest BCUT2D eigenvalue weighted by Crippen LogP contribution is 2.37. The molecule has 0 spiro atoms. The first-order valence-electron chi connectivity index (χ1n) is 7.09. The van der Waals surface area contributed by atoms with Crippen LogP contribution < -0.4 is 4.74 Å². The SMILES string of the molecule is COc1cc2sc(-c3cn[nH]c3-c3cccc(F)c3)nc2cc1F. The van der Waals surface area contributed by atoms with Crippen LogP contribution in [0.2, 0.25) is 0 Å². The number of methoxy groups -OCH3 is 1. The quantitative estimate of drug-likeness (QED) is 0.589. The van der Waals surface area contributed by atoms with E-state index in [2.05, 4.69) is 15.2 Å². The van der Waals surface area contributed by atoms with Crippen LogP contribution in [0.5, 0.6) is 5.75 Å². The number of hydrogen-bond acceptors (Lipinski definition) is 4. The third-order valence-electron chi connectivity index (χ3n) is 3.65. The van der Waals surface area contributed by atoms with E-state index in [0.29, 0.717) is 21.8 Å². The van der Waals surface area contributed by atoms with Gasteiger partial charge in [0.1, 0.15) is 10.8 Å². The number of nitrogens with zero attached hydrogens (tertiary/aromatic N) is 2. The maximum absolute atomic E-state index is 13.8. The third kappa shape index (κ3) is 2.43. The molecule has 4 aromatic rings. The number of benzene rings is 2. The second kappa shape index (κ2) is 5.68. The molecule has 0 bridgehead atoms. The molecule has 0 fully saturated rings. The molecule has 0 saturated heterocycles. The van der Waals surface area contributed by atoms with Crippen LogP contribution in [0, 0.1) is 11.6 Å². The van der Waals surface area contributed by atoms with Crippen molar-refractivity contribution in [1.29, 1.82) is 0 Å². The first kappa shape index (κ1) is 14.8. The second-order valence-corrected chi connectivity index (χ2v) is 6.17. The van der Waals surface area contributed by atoms with Crippen LogP contribution in [0.15, 0.2) is 42.6 Å². The van der Waals surface area contributed by atoms with Crippen LogP contribution in [-0.4, -0.2) is 22.3 Å². The summed E-state index contributed by atoms with van der Waals surface area (Å²) < 4.78 is 33.1. The highest BCUT2D eigenvalue weighted by molar-refractivity contribution is 7.21. The molecule has 2 aromatic carbocycles. The van der Waals surface area contributed by atoms with Gasteiger partial charge in [-0.25, -0.2) is 13.8 Å². The van der Waals surface area contributed by atoms with E-state index in [1.54, 1.807) is 24.4 Å². The number of H-pyrrole nitrogens is 1. The molecule has 120 valence electrons. The smallest absolute Gasteiger partial charge is 0.167 e. The number of fused-ring (bicyclic) bond motifs is 1. The van der Waals surface area contributed by atoms with E-state index in [1.807, 2.05) is 0 Å². The van der Waals surface area contributed by atoms with E-state index >= 15 is 0 Å². The van der Waals surface area contributed by atoms with Gasteiger partial charge in [0, 0.05) is 17.7 Å². The largest absolute Gasteiger partial charge is 0.494 e. The van der Waals surface area contributed by atoms with E-state index in [9.17, 15) is 8.78 Å². The average molecular weight is 343 g/mol. The van der Waals surface area contributed by atoms with Crippen LogP contribution in [0.4, 0.5) is 8.78 Å². The normalized spacial score (nSPS) is 11.1. The number of hydrogen-bond donors (Lipinski definition) is 1. The molecule has 7 heteroatoms. The second-order valence-electron chi connectivity index (χ2n) is 5.14. The Morgan fingerprint density at radius 1 is 1.17 bits per heavy atom. The van der Waals surface area contributed by atoms with Crippen molar-refractivity contribution in [2.45, 2.75) is 0 Å². The van der Waals surface area contributed by atoms with Crippen molar-refractivity contribution >= 4 is 21.6 Å². The zero-order valence-corrected chi connectivity index (χ0v) is 13.3. The average Bonchev–Trinajstić information content (AvgIpc) is 3.20. The summed E-state index contributed by atoms with van der Waals surface area (Å²) in [4.78, 5) is 4.47. The summed E-state index contributed by atoms with van der Waals surface area (Å²) in [7, 11) is 1.42. The molecular formula is C17H11F2N3OS. The zero-order chi connectivity index (χ0) is 16.7. The lowest BCUT2D eigenvalue weighted by Crippen LogP contribution is -1.86. The van der Waals surface area contributed by atoms with Crippen LogP contribution in [0.1, 0.15) is 0 Å². The Labute approximate surface area is 139 Å². The Bertz CT molecular complexity index is 1040. The number of thiazole rings is 1. The molecule has 2 heterocycles. The van der Waals surface area contributed by atoms with Crippen molar-refractivity contribution in [3.8, 4) is 27.6 Å². The summed E-state index contributed by atoms with van der Waals surface area (Å²) in [6, 6.07) is 9.19. The molecule has 0 unspecified atom stereocenters. The van der Waals surface area contributed by atoms with Crippen molar-refractivity contribution in [1.82, 2.24) is 15.2 Å². The number of aromatic nitrogens is 3. The molecule has 4 rings (SSSR count). The van der Waals surface area contributed by atoms with Crippen LogP contribution in [-0.2, 0) is 0 Å². The Hall–Kier alpha value is -2.80. The van der Waals surface area contributed by atoms with Crippen molar-refractivity contribution in [2.24, 2.45) is 0 Å². The minimum absolute atomic E-state index is 0.176. The lowest BCUT2D eigenvalue weighted by atomic mass is 10.1. The van der Waals surface area contributed by atoms with Gasteiger partial charge in [0.05, 0.1) is 34.8 Å². The summed E-state index contributed by atoms with van der Waals surface area (Å²) in [5.74, 6) is -0.612. The molecule has 0 atom stereocenters. The predicted octanol–water partition coefficient (Wildman–Crippen LogP) is 4.64. The summed E-state index contributed by atoms with van der Waals surface area (Å²) in [6.07, 6.45) is 1.63. The minimum Gasteiger partial charge on any atom is -0.494 e. The van der Waals surface area contributed by atoms with Crippen molar-refractivity contribution < 1.29 is 13.5 Å². The Balaban J connectivity index is 1.86. The van der Waals surface area contributed by atoms with Gasteiger partial charge in [-0.3, -0.25) is 5.10 Å². The summed E-state index contributed by atoms with van der Waals surface area (Å²) >= 11 is 1.39. The number of ether oxygens (including phenoxy) is 1. The summed E-state index contributed by atoms with van der Waals surface area (Å²) in [6.45, 7) is 0. The predicted molar refractivity (Wildman–Crippen MR) is 89.1 cm³/mol. The number of aromatic amines is 1. The van der Waals surface area contributed by atoms with Gasteiger partial charge in [0.15, 0.2) is 11.6 Å². The molecular weight excluding hydrogens is 332 g/mol. The molecule has 0 amide bonds. The van der Waals surface area contributed by atoms with Gasteiger partial charge >= 0.3 is 0 Å². The van der Waals surface area contributed by atoms with E-state index in [4.69, 9.17) is 4.74 Å². The highest BCUT2D eigenvalue weighted by atomic mass is 32.1. The topological polar surface area (TPSA) is 50.8 Å². The molecule has 2 aromatic heterocycles. The van der Waals surface area contributed by atoms with Gasteiger partial charge in [-0.05, 0) is 12.1 Å². The van der Waals surface area contributed by atoms with Crippen molar-refractivity contribution in [3.05, 3.63) is 54.2 Å². The summed E-state index contributed by atoms with van der Waals surface area (Å²) in [5, 5.41) is 7.60. The van der Waals surface area contributed by atoms with E-state index in [-0.39, 0.29) is 11.6 Å². The number of nitrogens with one attached hydrogen (secondary N) is 1. The Kier molecular flexibility index (Phi) is 3.50. The van der Waals surface area contributed by atoms with E-state index in [1.165, 1.54) is 36.6 Å². The zero-order valence-electron chi connectivity index (χ0n) is 12.5. The minimum atomic E-state index is -0.459. The molecule has 4 nitrogen and oxygen atoms in total. The standard InChI is InChI=1S/C17H11F2N3OS/c1-23-14-7-15-13(6-12(14)19)21-17(24-15)11-8-20-22-16(11)9-3-2-4-10(18)5-9/h2-8H,1H3,(H,20,22). The van der Waals surface area contributed by atoms with Crippen LogP contribution in [0.3, 0.4) is 0 Å². The van der Waals surface area contributed by atoms with E-state index in [0.717, 1.165) is 10.3 Å². The molecule has 24 heavy (non-hydrogen) atoms. The van der Waals surface area contributed by atoms with Crippen LogP contribution in [0.25, 0.3) is 32.0 Å². The maximum Gasteiger partial charge on any atom is 0.167 e. The lowest BCUT2D eigenvalue weighted by Gasteiger charge is -2.00. The molecule has 1 N–H and O–H groups in total. The fourth-order valence-corrected chi connectivity index (χ4v) is 3.51. The number of halogens is 2. The van der Waals surface area contributed by atoms with Gasteiger partial charge in [-0.1, -0.05) is 12.1 Å². The van der Waals surface area contributed by atoms with Crippen molar-refractivity contribution in [2.75, 3.05) is 7.11 Å². The monoisotopic (exact) mass is 343 g/mol. The lowest BCUT2D eigenvalue weighted by molar-refractivity contribution is 0.387. The van der Waals surface area contributed by atoms with Crippen LogP contribution >= 0.6 is 11.3 Å². The molecule has 0 aliphatic rings. The first-order valence-corrected chi connectivity index (χ1v) is 7.91. The van der Waals surface area contributed by atoms with Gasteiger partial charge in [-0.15, -0.1) is 11.3 Å². The highest BCUT2D eigenvalue weighted by Gasteiger charge is 2.16. The Morgan fingerprint density at radius 3 is 2.83 bits per heavy atom. The Morgan fingerprint density at radius 2 is 2.04 bits per heavy atom. The number of rotatable bonds is 3. The molecule has 0 aliphatic carbocycles. The first-order chi connectivity index (χ1) is 11.7. The van der Waals surface area contributed by atoms with Gasteiger partial charge in [-0.2, -0.15) is 5.10 Å². The van der Waals surface area contributed by atoms with Gasteiger partial charge in [0.25, 0.3) is 0 Å². The fourth-order valence-electron chi connectivity index (χ4n) is 2.51. The maximum atomic E-state index is 13.8. The molecule has 0 saturated carbocycles. The molecule has 0 aliphatic heterocycles. The summed E-state index contributed by atoms with van der Waals surface area (Å²) in [5.41, 5.74) is 2.62. The van der Waals surface area contributed by atoms with Gasteiger partial charge in [0.2, 0.25) is 0 Å². The van der Waals surface area contributed by atoms with Crippen molar-refractivity contribution in [3.63, 3.8) is 0 Å². The third-order valence-corrected chi connectivity index (χ3v) is 4.70. The molecule has 0 radical (unpaired) electrons. The van der Waals surface area contributed by atoms with E-state index < -0.39 is 5.82 Å². The van der Waals surface area contributed by atoms with Gasteiger partial charge < -0.3 is 4.74 Å².